The van der Waals surface area contributed by atoms with Gasteiger partial charge in [0, 0.05) is 26.7 Å². The molecule has 0 radical (unpaired) electrons. The van der Waals surface area contributed by atoms with E-state index in [0.29, 0.717) is 25.3 Å². The molecule has 0 saturated carbocycles. The minimum absolute atomic E-state index is 0.417. The zero-order valence-electron chi connectivity index (χ0n) is 12.2. The molecule has 1 aromatic carbocycles. The Morgan fingerprint density at radius 1 is 1.29 bits per heavy atom. The number of hydrogen-bond acceptors (Lipinski definition) is 4. The second-order valence-electron chi connectivity index (χ2n) is 4.91. The number of methoxy groups -OCH3 is 1. The monoisotopic (exact) mass is 291 g/mol. The van der Waals surface area contributed by atoms with Gasteiger partial charge >= 0.3 is 5.97 Å². The molecule has 1 aromatic rings. The van der Waals surface area contributed by atoms with Gasteiger partial charge in [0.1, 0.15) is 5.75 Å². The van der Waals surface area contributed by atoms with E-state index in [0.717, 1.165) is 36.3 Å². The van der Waals surface area contributed by atoms with Crippen LogP contribution in [0.4, 0.5) is 0 Å². The van der Waals surface area contributed by atoms with Crippen molar-refractivity contribution in [3.05, 3.63) is 35.4 Å². The van der Waals surface area contributed by atoms with Gasteiger partial charge in [0.05, 0.1) is 12.2 Å². The molecule has 0 saturated heterocycles. The van der Waals surface area contributed by atoms with Crippen LogP contribution in [0.1, 0.15) is 18.4 Å². The fraction of sp³-hybridized carbons (Fsp3) is 0.438. The van der Waals surface area contributed by atoms with E-state index < -0.39 is 5.97 Å². The van der Waals surface area contributed by atoms with E-state index in [1.54, 1.807) is 7.11 Å². The second kappa shape index (κ2) is 7.81. The minimum atomic E-state index is -0.850. The van der Waals surface area contributed by atoms with Crippen molar-refractivity contribution in [1.29, 1.82) is 0 Å². The van der Waals surface area contributed by atoms with Crippen molar-refractivity contribution in [1.82, 2.24) is 5.32 Å². The molecule has 0 bridgehead atoms. The van der Waals surface area contributed by atoms with Crippen LogP contribution in [-0.2, 0) is 9.53 Å². The molecule has 1 aliphatic heterocycles. The first kappa shape index (κ1) is 15.5. The average molecular weight is 291 g/mol. The largest absolute Gasteiger partial charge is 0.494 e. The molecule has 0 fully saturated rings. The lowest BCUT2D eigenvalue weighted by atomic mass is 9.94. The summed E-state index contributed by atoms with van der Waals surface area (Å²) < 4.78 is 10.6. The summed E-state index contributed by atoms with van der Waals surface area (Å²) in [6, 6.07) is 7.62. The molecule has 0 spiro atoms. The third-order valence-corrected chi connectivity index (χ3v) is 3.44. The molecule has 2 rings (SSSR count). The van der Waals surface area contributed by atoms with E-state index in [4.69, 9.17) is 9.47 Å². The molecule has 0 unspecified atom stereocenters. The highest BCUT2D eigenvalue weighted by molar-refractivity contribution is 5.97. The Balaban J connectivity index is 2.05. The summed E-state index contributed by atoms with van der Waals surface area (Å²) in [6.45, 7) is 2.52. The Morgan fingerprint density at radius 3 is 2.71 bits per heavy atom. The van der Waals surface area contributed by atoms with Crippen LogP contribution < -0.4 is 10.1 Å². The maximum absolute atomic E-state index is 11.3. The molecule has 1 aliphatic rings. The van der Waals surface area contributed by atoms with Crippen LogP contribution >= 0.6 is 0 Å². The summed E-state index contributed by atoms with van der Waals surface area (Å²) in [7, 11) is 1.67. The lowest BCUT2D eigenvalue weighted by molar-refractivity contribution is -0.132. The van der Waals surface area contributed by atoms with E-state index in [9.17, 15) is 9.90 Å². The van der Waals surface area contributed by atoms with Gasteiger partial charge in [0.15, 0.2) is 0 Å². The van der Waals surface area contributed by atoms with Crippen LogP contribution in [0.15, 0.2) is 29.8 Å². The molecule has 5 nitrogen and oxygen atoms in total. The maximum atomic E-state index is 11.3. The molecule has 114 valence electrons. The molecule has 0 amide bonds. The number of rotatable bonds is 7. The van der Waals surface area contributed by atoms with Gasteiger partial charge in [0.2, 0.25) is 0 Å². The van der Waals surface area contributed by atoms with Gasteiger partial charge in [-0.25, -0.2) is 4.79 Å². The Hall–Kier alpha value is -1.85. The first-order chi connectivity index (χ1) is 10.2. The highest BCUT2D eigenvalue weighted by Crippen LogP contribution is 2.26. The fourth-order valence-corrected chi connectivity index (χ4v) is 2.35. The van der Waals surface area contributed by atoms with Crippen LogP contribution in [0.2, 0.25) is 0 Å². The number of carbonyl (C=O) groups is 1. The third kappa shape index (κ3) is 4.31. The number of nitrogens with one attached hydrogen (secondary N) is 1. The lowest BCUT2D eigenvalue weighted by Gasteiger charge is -2.19. The summed E-state index contributed by atoms with van der Waals surface area (Å²) in [5.74, 6) is -0.0571. The number of benzene rings is 1. The quantitative estimate of drug-likeness (QED) is 0.751. The van der Waals surface area contributed by atoms with Crippen LogP contribution in [0, 0.1) is 0 Å². The number of ether oxygens (including phenoxy) is 2. The third-order valence-electron chi connectivity index (χ3n) is 3.44. The molecule has 0 atom stereocenters. The van der Waals surface area contributed by atoms with Gasteiger partial charge in [-0.05, 0) is 36.2 Å². The van der Waals surface area contributed by atoms with Gasteiger partial charge < -0.3 is 19.9 Å². The molecule has 0 aromatic heterocycles. The Bertz CT molecular complexity index is 508. The number of carboxylic acids is 1. The van der Waals surface area contributed by atoms with E-state index in [1.807, 2.05) is 24.3 Å². The Morgan fingerprint density at radius 2 is 2.05 bits per heavy atom. The molecular weight excluding hydrogens is 270 g/mol. The summed E-state index contributed by atoms with van der Waals surface area (Å²) in [4.78, 5) is 11.3. The molecule has 1 heterocycles. The van der Waals surface area contributed by atoms with Crippen molar-refractivity contribution in [2.45, 2.75) is 12.8 Å². The van der Waals surface area contributed by atoms with E-state index in [2.05, 4.69) is 5.32 Å². The zero-order valence-corrected chi connectivity index (χ0v) is 12.2. The molecular formula is C16H21NO4. The van der Waals surface area contributed by atoms with E-state index in [-0.39, 0.29) is 0 Å². The highest BCUT2D eigenvalue weighted by Gasteiger charge is 2.19. The van der Waals surface area contributed by atoms with Gasteiger partial charge in [-0.2, -0.15) is 0 Å². The highest BCUT2D eigenvalue weighted by atomic mass is 16.5. The van der Waals surface area contributed by atoms with Gasteiger partial charge in [-0.1, -0.05) is 12.1 Å². The predicted octanol–water partition coefficient (Wildman–Crippen LogP) is 1.93. The van der Waals surface area contributed by atoms with Crippen LogP contribution in [0.5, 0.6) is 5.75 Å². The van der Waals surface area contributed by atoms with Crippen molar-refractivity contribution < 1.29 is 19.4 Å². The number of carboxylic acid groups (broad SMARTS) is 1. The summed E-state index contributed by atoms with van der Waals surface area (Å²) in [6.07, 6.45) is 1.58. The normalized spacial score (nSPS) is 15.1. The fourth-order valence-electron chi connectivity index (χ4n) is 2.35. The maximum Gasteiger partial charge on any atom is 0.333 e. The first-order valence-corrected chi connectivity index (χ1v) is 7.10. The smallest absolute Gasteiger partial charge is 0.333 e. The second-order valence-corrected chi connectivity index (χ2v) is 4.91. The van der Waals surface area contributed by atoms with Crippen molar-refractivity contribution in [3.8, 4) is 5.75 Å². The van der Waals surface area contributed by atoms with Crippen LogP contribution in [0.25, 0.3) is 5.57 Å². The predicted molar refractivity (Wildman–Crippen MR) is 80.5 cm³/mol. The Labute approximate surface area is 124 Å². The Kier molecular flexibility index (Phi) is 5.78. The van der Waals surface area contributed by atoms with Crippen molar-refractivity contribution >= 4 is 11.5 Å². The van der Waals surface area contributed by atoms with Gasteiger partial charge in [-0.3, -0.25) is 0 Å². The van der Waals surface area contributed by atoms with E-state index in [1.165, 1.54) is 0 Å². The SMILES string of the molecule is COCCCOc1ccc(C2=C(C(=O)O)CNCC2)cc1. The zero-order chi connectivity index (χ0) is 15.1. The summed E-state index contributed by atoms with van der Waals surface area (Å²) in [5.41, 5.74) is 2.32. The molecule has 2 N–H and O–H groups in total. The molecule has 0 aliphatic carbocycles. The summed E-state index contributed by atoms with van der Waals surface area (Å²) >= 11 is 0. The summed E-state index contributed by atoms with van der Waals surface area (Å²) in [5, 5.41) is 12.3. The molecule has 21 heavy (non-hydrogen) atoms. The molecule has 5 heteroatoms. The van der Waals surface area contributed by atoms with Gasteiger partial charge in [-0.15, -0.1) is 0 Å². The average Bonchev–Trinajstić information content (AvgIpc) is 2.52. The van der Waals surface area contributed by atoms with Crippen LogP contribution in [0.3, 0.4) is 0 Å². The first-order valence-electron chi connectivity index (χ1n) is 7.10. The number of aliphatic carboxylic acids is 1. The number of hydrogen-bond donors (Lipinski definition) is 2. The van der Waals surface area contributed by atoms with Crippen molar-refractivity contribution in [3.63, 3.8) is 0 Å². The van der Waals surface area contributed by atoms with Crippen molar-refractivity contribution in [2.75, 3.05) is 33.4 Å². The van der Waals surface area contributed by atoms with Gasteiger partial charge in [0.25, 0.3) is 0 Å². The minimum Gasteiger partial charge on any atom is -0.494 e. The topological polar surface area (TPSA) is 67.8 Å². The van der Waals surface area contributed by atoms with Crippen LogP contribution in [-0.4, -0.2) is 44.5 Å². The van der Waals surface area contributed by atoms with Crippen molar-refractivity contribution in [2.24, 2.45) is 0 Å². The standard InChI is InChI=1S/C16H21NO4/c1-20-9-2-10-21-13-5-3-12(4-6-13)14-7-8-17-11-15(14)16(18)19/h3-6,17H,2,7-11H2,1H3,(H,18,19). The van der Waals surface area contributed by atoms with E-state index >= 15 is 0 Å². The lowest BCUT2D eigenvalue weighted by Crippen LogP contribution is -2.28.